The molecule has 0 unspecified atom stereocenters. The van der Waals surface area contributed by atoms with E-state index in [2.05, 4.69) is 24.8 Å². The van der Waals surface area contributed by atoms with Gasteiger partial charge in [-0.25, -0.2) is 9.97 Å². The Morgan fingerprint density at radius 1 is 1.07 bits per heavy atom. The first-order chi connectivity index (χ1) is 14.1. The van der Waals surface area contributed by atoms with Crippen LogP contribution in [0.5, 0.6) is 0 Å². The van der Waals surface area contributed by atoms with Crippen LogP contribution in [-0.4, -0.2) is 55.9 Å². The Labute approximate surface area is 169 Å². The molecule has 9 nitrogen and oxygen atoms in total. The highest BCUT2D eigenvalue weighted by atomic mass is 16.6. The van der Waals surface area contributed by atoms with Crippen molar-refractivity contribution in [1.82, 2.24) is 24.8 Å². The van der Waals surface area contributed by atoms with Gasteiger partial charge in [-0.1, -0.05) is 0 Å². The Bertz CT molecular complexity index is 905. The summed E-state index contributed by atoms with van der Waals surface area (Å²) in [6, 6.07) is 0. The van der Waals surface area contributed by atoms with Crippen LogP contribution in [0.15, 0.2) is 18.6 Å². The predicted molar refractivity (Wildman–Crippen MR) is 110 cm³/mol. The van der Waals surface area contributed by atoms with E-state index < -0.39 is 0 Å². The molecular formula is C20H25N7O2. The van der Waals surface area contributed by atoms with Gasteiger partial charge >= 0.3 is 5.69 Å². The Hall–Kier alpha value is -3.10. The molecule has 0 bridgehead atoms. The molecule has 0 amide bonds. The minimum atomic E-state index is -0.354. The minimum Gasteiger partial charge on any atom is -0.370 e. The Balaban J connectivity index is 1.85. The Morgan fingerprint density at radius 3 is 2.45 bits per heavy atom. The molecule has 0 aromatic carbocycles. The fraction of sp³-hybridized carbons (Fsp3) is 0.500. The summed E-state index contributed by atoms with van der Waals surface area (Å²) in [6.45, 7) is 5.12. The molecule has 2 fully saturated rings. The largest absolute Gasteiger partial charge is 0.370 e. The molecule has 2 aliphatic heterocycles. The average molecular weight is 395 g/mol. The summed E-state index contributed by atoms with van der Waals surface area (Å²) < 4.78 is 0. The molecule has 0 saturated carbocycles. The topological polar surface area (TPSA) is 101 Å². The van der Waals surface area contributed by atoms with E-state index in [4.69, 9.17) is 0 Å². The summed E-state index contributed by atoms with van der Waals surface area (Å²) in [5.74, 6) is 0.954. The number of aryl methyl sites for hydroxylation is 1. The van der Waals surface area contributed by atoms with Crippen molar-refractivity contribution < 1.29 is 4.92 Å². The van der Waals surface area contributed by atoms with Gasteiger partial charge in [0.25, 0.3) is 0 Å². The standard InChI is InChI=1S/C20H25N7O2/c1-15-23-16(19(27(28)29)20(24-15)26-11-3-2-4-12-26)13-18(25-9-5-6-10-25)17-14-21-7-8-22-17/h7-8,13-14H,2-6,9-12H2,1H3/b18-13-. The lowest BCUT2D eigenvalue weighted by Crippen LogP contribution is -2.31. The number of piperidine rings is 1. The first-order valence-corrected chi connectivity index (χ1v) is 10.1. The van der Waals surface area contributed by atoms with Crippen LogP contribution in [-0.2, 0) is 0 Å². The smallest absolute Gasteiger partial charge is 0.337 e. The van der Waals surface area contributed by atoms with Crippen molar-refractivity contribution in [2.45, 2.75) is 39.0 Å². The number of aromatic nitrogens is 4. The Kier molecular flexibility index (Phi) is 5.64. The molecule has 29 heavy (non-hydrogen) atoms. The van der Waals surface area contributed by atoms with E-state index >= 15 is 0 Å². The summed E-state index contributed by atoms with van der Waals surface area (Å²) in [5, 5.41) is 12.1. The third-order valence-corrected chi connectivity index (χ3v) is 5.39. The number of nitro groups is 1. The molecule has 0 spiro atoms. The van der Waals surface area contributed by atoms with E-state index in [0.717, 1.165) is 64.0 Å². The van der Waals surface area contributed by atoms with Crippen LogP contribution in [0.1, 0.15) is 49.3 Å². The van der Waals surface area contributed by atoms with Gasteiger partial charge in [0.1, 0.15) is 17.2 Å². The van der Waals surface area contributed by atoms with Gasteiger partial charge < -0.3 is 9.80 Å². The molecule has 0 atom stereocenters. The van der Waals surface area contributed by atoms with Crippen molar-refractivity contribution in [3.63, 3.8) is 0 Å². The van der Waals surface area contributed by atoms with Crippen LogP contribution in [0.3, 0.4) is 0 Å². The van der Waals surface area contributed by atoms with Crippen LogP contribution in [0, 0.1) is 17.0 Å². The maximum atomic E-state index is 12.1. The zero-order valence-corrected chi connectivity index (χ0v) is 16.6. The fourth-order valence-corrected chi connectivity index (χ4v) is 4.02. The van der Waals surface area contributed by atoms with Gasteiger partial charge in [-0.05, 0) is 45.1 Å². The average Bonchev–Trinajstić information content (AvgIpc) is 3.27. The number of hydrogen-bond acceptors (Lipinski definition) is 8. The summed E-state index contributed by atoms with van der Waals surface area (Å²) in [7, 11) is 0. The van der Waals surface area contributed by atoms with Gasteiger partial charge in [0.15, 0.2) is 0 Å². The molecule has 0 aliphatic carbocycles. The number of anilines is 1. The van der Waals surface area contributed by atoms with Crippen LogP contribution in [0.4, 0.5) is 11.5 Å². The highest BCUT2D eigenvalue weighted by Crippen LogP contribution is 2.34. The van der Waals surface area contributed by atoms with Gasteiger partial charge in [-0.3, -0.25) is 20.1 Å². The van der Waals surface area contributed by atoms with E-state index in [1.807, 2.05) is 4.90 Å². The molecule has 152 valence electrons. The highest BCUT2D eigenvalue weighted by Gasteiger charge is 2.29. The summed E-state index contributed by atoms with van der Waals surface area (Å²) in [5.41, 5.74) is 1.81. The lowest BCUT2D eigenvalue weighted by Gasteiger charge is -2.27. The molecule has 4 rings (SSSR count). The second kappa shape index (κ2) is 8.50. The quantitative estimate of drug-likeness (QED) is 0.562. The zero-order chi connectivity index (χ0) is 20.2. The maximum Gasteiger partial charge on any atom is 0.337 e. The molecule has 9 heteroatoms. The summed E-state index contributed by atoms with van der Waals surface area (Å²) in [6.07, 6.45) is 12.1. The number of likely N-dealkylation sites (tertiary alicyclic amines) is 1. The van der Waals surface area contributed by atoms with Crippen LogP contribution in [0.2, 0.25) is 0 Å². The van der Waals surface area contributed by atoms with E-state index in [0.29, 0.717) is 23.0 Å². The van der Waals surface area contributed by atoms with Crippen molar-refractivity contribution in [2.24, 2.45) is 0 Å². The van der Waals surface area contributed by atoms with Crippen molar-refractivity contribution in [1.29, 1.82) is 0 Å². The van der Waals surface area contributed by atoms with Gasteiger partial charge in [-0.2, -0.15) is 0 Å². The van der Waals surface area contributed by atoms with Crippen LogP contribution >= 0.6 is 0 Å². The minimum absolute atomic E-state index is 0.0295. The molecule has 2 saturated heterocycles. The van der Waals surface area contributed by atoms with Gasteiger partial charge in [0.05, 0.1) is 16.8 Å². The Morgan fingerprint density at radius 2 is 1.79 bits per heavy atom. The third kappa shape index (κ3) is 4.18. The molecule has 0 N–H and O–H groups in total. The first kappa shape index (κ1) is 19.2. The van der Waals surface area contributed by atoms with E-state index in [-0.39, 0.29) is 10.6 Å². The van der Waals surface area contributed by atoms with Gasteiger partial charge in [-0.15, -0.1) is 0 Å². The lowest BCUT2D eigenvalue weighted by atomic mass is 10.1. The number of hydrogen-bond donors (Lipinski definition) is 0. The van der Waals surface area contributed by atoms with Crippen molar-refractivity contribution in [2.75, 3.05) is 31.1 Å². The van der Waals surface area contributed by atoms with E-state index in [1.54, 1.807) is 31.6 Å². The van der Waals surface area contributed by atoms with Gasteiger partial charge in [0, 0.05) is 38.6 Å². The maximum absolute atomic E-state index is 12.1. The van der Waals surface area contributed by atoms with Crippen LogP contribution in [0.25, 0.3) is 11.8 Å². The molecule has 0 radical (unpaired) electrons. The zero-order valence-electron chi connectivity index (χ0n) is 16.6. The normalized spacial score (nSPS) is 17.6. The number of rotatable bonds is 5. The van der Waals surface area contributed by atoms with Crippen molar-refractivity contribution in [3.05, 3.63) is 45.9 Å². The second-order valence-electron chi connectivity index (χ2n) is 7.45. The van der Waals surface area contributed by atoms with Crippen molar-refractivity contribution in [3.8, 4) is 0 Å². The predicted octanol–water partition coefficient (Wildman–Crippen LogP) is 3.07. The SMILES string of the molecule is Cc1nc(/C=C(/c2cnccn2)N2CCCC2)c([N+](=O)[O-])c(N2CCCCC2)n1. The van der Waals surface area contributed by atoms with Crippen molar-refractivity contribution >= 4 is 23.3 Å². The molecule has 2 aromatic rings. The summed E-state index contributed by atoms with van der Waals surface area (Å²) in [4.78, 5) is 33.5. The number of nitrogens with zero attached hydrogens (tertiary/aromatic N) is 7. The van der Waals surface area contributed by atoms with E-state index in [1.165, 1.54) is 0 Å². The molecule has 4 heterocycles. The monoisotopic (exact) mass is 395 g/mol. The highest BCUT2D eigenvalue weighted by molar-refractivity contribution is 5.82. The summed E-state index contributed by atoms with van der Waals surface area (Å²) >= 11 is 0. The second-order valence-corrected chi connectivity index (χ2v) is 7.45. The molecule has 2 aliphatic rings. The molecular weight excluding hydrogens is 370 g/mol. The van der Waals surface area contributed by atoms with Gasteiger partial charge in [0.2, 0.25) is 5.82 Å². The first-order valence-electron chi connectivity index (χ1n) is 10.1. The van der Waals surface area contributed by atoms with E-state index in [9.17, 15) is 10.1 Å². The third-order valence-electron chi connectivity index (χ3n) is 5.39. The lowest BCUT2D eigenvalue weighted by molar-refractivity contribution is -0.384. The fourth-order valence-electron chi connectivity index (χ4n) is 4.02. The molecule has 2 aromatic heterocycles. The van der Waals surface area contributed by atoms with Crippen LogP contribution < -0.4 is 4.90 Å².